The average molecular weight is 336 g/mol. The number of alkyl halides is 3. The molecule has 0 unspecified atom stereocenters. The van der Waals surface area contributed by atoms with Gasteiger partial charge in [-0.2, -0.15) is 13.2 Å². The zero-order valence-electron chi connectivity index (χ0n) is 13.1. The molecule has 0 aliphatic rings. The molecular weight excluding hydrogens is 321 g/mol. The van der Waals surface area contributed by atoms with Crippen molar-refractivity contribution in [1.82, 2.24) is 0 Å². The number of carbonyl (C=O) groups is 1. The van der Waals surface area contributed by atoms with E-state index < -0.39 is 17.5 Å². The first-order chi connectivity index (χ1) is 11.4. The van der Waals surface area contributed by atoms with E-state index in [1.165, 1.54) is 44.6 Å². The quantitative estimate of drug-likeness (QED) is 0.590. The van der Waals surface area contributed by atoms with Gasteiger partial charge in [-0.25, -0.2) is 0 Å². The smallest absolute Gasteiger partial charge is 0.416 e. The molecule has 6 heteroatoms. The first kappa shape index (κ1) is 17.6. The Labute approximate surface area is 137 Å². The Bertz CT molecular complexity index is 764. The molecule has 0 N–H and O–H groups in total. The molecule has 0 atom stereocenters. The zero-order chi connectivity index (χ0) is 17.7. The van der Waals surface area contributed by atoms with Gasteiger partial charge in [0, 0.05) is 5.56 Å². The van der Waals surface area contributed by atoms with E-state index in [4.69, 9.17) is 9.47 Å². The molecule has 0 saturated heterocycles. The van der Waals surface area contributed by atoms with E-state index in [1.54, 1.807) is 6.07 Å². The van der Waals surface area contributed by atoms with Gasteiger partial charge in [-0.15, -0.1) is 0 Å². The van der Waals surface area contributed by atoms with Crippen LogP contribution in [0, 0.1) is 0 Å². The largest absolute Gasteiger partial charge is 0.493 e. The molecule has 0 radical (unpaired) electrons. The molecule has 0 saturated carbocycles. The average Bonchev–Trinajstić information content (AvgIpc) is 2.58. The topological polar surface area (TPSA) is 35.5 Å². The standard InChI is InChI=1S/C18H15F3O3/c1-23-16-10-8-13(11-17(16)24-2)15(22)9-7-12-5-3-4-6-14(12)18(19,20)21/h3-11H,1-2H3/b9-7+. The van der Waals surface area contributed by atoms with Gasteiger partial charge in [-0.1, -0.05) is 24.3 Å². The van der Waals surface area contributed by atoms with Gasteiger partial charge in [-0.05, 0) is 35.9 Å². The predicted molar refractivity (Wildman–Crippen MR) is 84.4 cm³/mol. The summed E-state index contributed by atoms with van der Waals surface area (Å²) in [5.74, 6) is 0.390. The van der Waals surface area contributed by atoms with Gasteiger partial charge >= 0.3 is 6.18 Å². The van der Waals surface area contributed by atoms with E-state index in [0.717, 1.165) is 18.2 Å². The van der Waals surface area contributed by atoms with Gasteiger partial charge < -0.3 is 9.47 Å². The minimum atomic E-state index is -4.48. The molecule has 0 spiro atoms. The third-order valence-corrected chi connectivity index (χ3v) is 3.35. The van der Waals surface area contributed by atoms with Crippen molar-refractivity contribution in [1.29, 1.82) is 0 Å². The van der Waals surface area contributed by atoms with E-state index in [1.807, 2.05) is 0 Å². The summed E-state index contributed by atoms with van der Waals surface area (Å²) in [6.45, 7) is 0. The highest BCUT2D eigenvalue weighted by molar-refractivity contribution is 6.07. The van der Waals surface area contributed by atoms with Crippen LogP contribution in [0.5, 0.6) is 11.5 Å². The lowest BCUT2D eigenvalue weighted by molar-refractivity contribution is -0.137. The highest BCUT2D eigenvalue weighted by atomic mass is 19.4. The molecule has 2 aromatic rings. The number of hydrogen-bond acceptors (Lipinski definition) is 3. The number of ether oxygens (including phenoxy) is 2. The first-order valence-corrected chi connectivity index (χ1v) is 6.97. The molecule has 3 nitrogen and oxygen atoms in total. The minimum absolute atomic E-state index is 0.0705. The van der Waals surface area contributed by atoms with Gasteiger partial charge in [0.1, 0.15) is 0 Å². The third kappa shape index (κ3) is 3.95. The van der Waals surface area contributed by atoms with Gasteiger partial charge in [0.05, 0.1) is 19.8 Å². The second-order valence-electron chi connectivity index (χ2n) is 4.85. The van der Waals surface area contributed by atoms with E-state index >= 15 is 0 Å². The van der Waals surface area contributed by atoms with Crippen molar-refractivity contribution in [3.05, 3.63) is 65.2 Å². The Morgan fingerprint density at radius 2 is 1.67 bits per heavy atom. The lowest BCUT2D eigenvalue weighted by Gasteiger charge is -2.10. The van der Waals surface area contributed by atoms with Crippen LogP contribution >= 0.6 is 0 Å². The summed E-state index contributed by atoms with van der Waals surface area (Å²) in [6, 6.07) is 9.61. The van der Waals surface area contributed by atoms with Crippen LogP contribution in [-0.2, 0) is 6.18 Å². The maximum atomic E-state index is 12.9. The molecule has 0 aromatic heterocycles. The summed E-state index contributed by atoms with van der Waals surface area (Å²) in [6.07, 6.45) is -2.22. The molecule has 0 aliphatic heterocycles. The second-order valence-corrected chi connectivity index (χ2v) is 4.85. The number of methoxy groups -OCH3 is 2. The summed E-state index contributed by atoms with van der Waals surface area (Å²) >= 11 is 0. The molecule has 0 heterocycles. The van der Waals surface area contributed by atoms with Gasteiger partial charge in [0.2, 0.25) is 0 Å². The van der Waals surface area contributed by atoms with Crippen LogP contribution in [-0.4, -0.2) is 20.0 Å². The van der Waals surface area contributed by atoms with Crippen molar-refractivity contribution in [3.8, 4) is 11.5 Å². The second kappa shape index (κ2) is 7.21. The van der Waals surface area contributed by atoms with Crippen molar-refractivity contribution in [2.24, 2.45) is 0 Å². The van der Waals surface area contributed by atoms with Crippen LogP contribution in [0.2, 0.25) is 0 Å². The number of allylic oxidation sites excluding steroid dienone is 1. The molecular formula is C18H15F3O3. The number of carbonyl (C=O) groups excluding carboxylic acids is 1. The van der Waals surface area contributed by atoms with Crippen molar-refractivity contribution in [3.63, 3.8) is 0 Å². The summed E-state index contributed by atoms with van der Waals surface area (Å²) in [7, 11) is 2.90. The molecule has 0 amide bonds. The number of benzene rings is 2. The summed E-state index contributed by atoms with van der Waals surface area (Å²) < 4.78 is 49.0. The summed E-state index contributed by atoms with van der Waals surface area (Å²) in [5, 5.41) is 0. The van der Waals surface area contributed by atoms with E-state index in [9.17, 15) is 18.0 Å². The minimum Gasteiger partial charge on any atom is -0.493 e. The van der Waals surface area contributed by atoms with Crippen molar-refractivity contribution < 1.29 is 27.4 Å². The van der Waals surface area contributed by atoms with Crippen molar-refractivity contribution >= 4 is 11.9 Å². The van der Waals surface area contributed by atoms with Crippen LogP contribution < -0.4 is 9.47 Å². The summed E-state index contributed by atoms with van der Waals surface area (Å²) in [5.41, 5.74) is -0.575. The highest BCUT2D eigenvalue weighted by Gasteiger charge is 2.32. The third-order valence-electron chi connectivity index (χ3n) is 3.35. The van der Waals surface area contributed by atoms with Crippen LogP contribution in [0.4, 0.5) is 13.2 Å². The van der Waals surface area contributed by atoms with Gasteiger partial charge in [0.15, 0.2) is 17.3 Å². The maximum absolute atomic E-state index is 12.9. The predicted octanol–water partition coefficient (Wildman–Crippen LogP) is 4.62. The lowest BCUT2D eigenvalue weighted by atomic mass is 10.0. The molecule has 0 aliphatic carbocycles. The van der Waals surface area contributed by atoms with Crippen LogP contribution in [0.15, 0.2) is 48.5 Å². The highest BCUT2D eigenvalue weighted by Crippen LogP contribution is 2.32. The normalized spacial score (nSPS) is 11.5. The fourth-order valence-corrected chi connectivity index (χ4v) is 2.15. The molecule has 2 aromatic carbocycles. The first-order valence-electron chi connectivity index (χ1n) is 6.97. The zero-order valence-corrected chi connectivity index (χ0v) is 13.1. The van der Waals surface area contributed by atoms with E-state index in [-0.39, 0.29) is 11.1 Å². The molecule has 24 heavy (non-hydrogen) atoms. The van der Waals surface area contributed by atoms with E-state index in [2.05, 4.69) is 0 Å². The monoisotopic (exact) mass is 336 g/mol. The van der Waals surface area contributed by atoms with Crippen LogP contribution in [0.25, 0.3) is 6.08 Å². The fraction of sp³-hybridized carbons (Fsp3) is 0.167. The Hall–Kier alpha value is -2.76. The number of rotatable bonds is 5. The van der Waals surface area contributed by atoms with Crippen molar-refractivity contribution in [2.45, 2.75) is 6.18 Å². The van der Waals surface area contributed by atoms with E-state index in [0.29, 0.717) is 11.5 Å². The molecule has 2 rings (SSSR count). The Balaban J connectivity index is 2.29. The fourth-order valence-electron chi connectivity index (χ4n) is 2.15. The Morgan fingerprint density at radius 3 is 2.29 bits per heavy atom. The molecule has 126 valence electrons. The number of ketones is 1. The lowest BCUT2D eigenvalue weighted by Crippen LogP contribution is -2.07. The Kier molecular flexibility index (Phi) is 5.28. The maximum Gasteiger partial charge on any atom is 0.416 e. The van der Waals surface area contributed by atoms with Gasteiger partial charge in [0.25, 0.3) is 0 Å². The number of halogens is 3. The molecule has 0 fully saturated rings. The van der Waals surface area contributed by atoms with Crippen LogP contribution in [0.3, 0.4) is 0 Å². The Morgan fingerprint density at radius 1 is 1.00 bits per heavy atom. The van der Waals surface area contributed by atoms with Crippen LogP contribution in [0.1, 0.15) is 21.5 Å². The number of hydrogen-bond donors (Lipinski definition) is 0. The molecule has 0 bridgehead atoms. The SMILES string of the molecule is COc1ccc(C(=O)/C=C/c2ccccc2C(F)(F)F)cc1OC. The summed E-state index contributed by atoms with van der Waals surface area (Å²) in [4.78, 5) is 12.2. The van der Waals surface area contributed by atoms with Gasteiger partial charge in [-0.3, -0.25) is 4.79 Å². The van der Waals surface area contributed by atoms with Crippen molar-refractivity contribution in [2.75, 3.05) is 14.2 Å².